The first-order chi connectivity index (χ1) is 12.5. The number of fused-ring (bicyclic) bond motifs is 1. The van der Waals surface area contributed by atoms with Crippen molar-refractivity contribution in [3.8, 4) is 5.69 Å². The molecule has 2 aromatic heterocycles. The molecule has 26 heavy (non-hydrogen) atoms. The van der Waals surface area contributed by atoms with Crippen LogP contribution in [0.2, 0.25) is 0 Å². The first-order valence-electron chi connectivity index (χ1n) is 8.82. The third-order valence-corrected chi connectivity index (χ3v) is 6.03. The van der Waals surface area contributed by atoms with E-state index < -0.39 is 0 Å². The van der Waals surface area contributed by atoms with Crippen molar-refractivity contribution in [1.82, 2.24) is 20.4 Å². The summed E-state index contributed by atoms with van der Waals surface area (Å²) in [7, 11) is 0. The molecule has 2 unspecified atom stereocenters. The highest BCUT2D eigenvalue weighted by atomic mass is 32.1. The van der Waals surface area contributed by atoms with Crippen LogP contribution in [0.4, 0.5) is 4.39 Å². The molecule has 1 aliphatic heterocycles. The molecule has 0 aliphatic carbocycles. The summed E-state index contributed by atoms with van der Waals surface area (Å²) in [6, 6.07) is 8.54. The molecule has 0 bridgehead atoms. The monoisotopic (exact) mass is 372 g/mol. The van der Waals surface area contributed by atoms with Crippen LogP contribution in [0.15, 0.2) is 30.3 Å². The summed E-state index contributed by atoms with van der Waals surface area (Å²) in [5.74, 6) is -0.327. The van der Waals surface area contributed by atoms with Crippen LogP contribution in [0.3, 0.4) is 0 Å². The summed E-state index contributed by atoms with van der Waals surface area (Å²) in [5.41, 5.74) is 1.63. The minimum atomic E-state index is -0.282. The van der Waals surface area contributed by atoms with Gasteiger partial charge < -0.3 is 10.6 Å². The van der Waals surface area contributed by atoms with Gasteiger partial charge in [0.05, 0.1) is 16.3 Å². The van der Waals surface area contributed by atoms with Crippen molar-refractivity contribution in [3.63, 3.8) is 0 Å². The van der Waals surface area contributed by atoms with E-state index in [4.69, 9.17) is 0 Å². The van der Waals surface area contributed by atoms with Gasteiger partial charge in [0, 0.05) is 17.5 Å². The number of piperidine rings is 1. The molecule has 1 aliphatic rings. The van der Waals surface area contributed by atoms with Gasteiger partial charge in [0.25, 0.3) is 5.91 Å². The van der Waals surface area contributed by atoms with Gasteiger partial charge in [-0.25, -0.2) is 9.07 Å². The van der Waals surface area contributed by atoms with E-state index >= 15 is 0 Å². The lowest BCUT2D eigenvalue weighted by atomic mass is 10.00. The zero-order valence-corrected chi connectivity index (χ0v) is 15.6. The molecule has 4 rings (SSSR count). The van der Waals surface area contributed by atoms with E-state index in [9.17, 15) is 9.18 Å². The van der Waals surface area contributed by atoms with Gasteiger partial charge in [-0.1, -0.05) is 0 Å². The average molecular weight is 372 g/mol. The van der Waals surface area contributed by atoms with Gasteiger partial charge in [0.2, 0.25) is 0 Å². The normalized spacial score (nSPS) is 20.4. The predicted octanol–water partition coefficient (Wildman–Crippen LogP) is 3.40. The molecule has 1 saturated heterocycles. The molecule has 2 atom stereocenters. The van der Waals surface area contributed by atoms with E-state index in [0.717, 1.165) is 41.0 Å². The van der Waals surface area contributed by atoms with Crippen LogP contribution in [-0.4, -0.2) is 34.3 Å². The van der Waals surface area contributed by atoms with Crippen LogP contribution in [-0.2, 0) is 0 Å². The number of hydrogen-bond acceptors (Lipinski definition) is 4. The summed E-state index contributed by atoms with van der Waals surface area (Å²) >= 11 is 1.42. The van der Waals surface area contributed by atoms with Gasteiger partial charge >= 0.3 is 0 Å². The molecule has 0 radical (unpaired) electrons. The summed E-state index contributed by atoms with van der Waals surface area (Å²) in [4.78, 5) is 14.3. The third-order valence-electron chi connectivity index (χ3n) is 4.92. The number of carbonyl (C=O) groups is 1. The number of nitrogens with one attached hydrogen (secondary N) is 2. The zero-order chi connectivity index (χ0) is 18.3. The van der Waals surface area contributed by atoms with Crippen LogP contribution in [0.5, 0.6) is 0 Å². The second kappa shape index (κ2) is 6.81. The Kier molecular flexibility index (Phi) is 4.50. The van der Waals surface area contributed by atoms with E-state index in [-0.39, 0.29) is 23.8 Å². The number of benzene rings is 1. The van der Waals surface area contributed by atoms with Crippen molar-refractivity contribution in [3.05, 3.63) is 46.7 Å². The fourth-order valence-electron chi connectivity index (χ4n) is 3.40. The van der Waals surface area contributed by atoms with Gasteiger partial charge in [0.15, 0.2) is 0 Å². The number of hydrogen-bond donors (Lipinski definition) is 2. The van der Waals surface area contributed by atoms with E-state index in [2.05, 4.69) is 22.7 Å². The minimum absolute atomic E-state index is 0.0446. The highest BCUT2D eigenvalue weighted by Gasteiger charge is 2.24. The fraction of sp³-hybridized carbons (Fsp3) is 0.368. The van der Waals surface area contributed by atoms with Crippen molar-refractivity contribution in [2.24, 2.45) is 0 Å². The zero-order valence-electron chi connectivity index (χ0n) is 14.8. The van der Waals surface area contributed by atoms with Crippen LogP contribution in [0.1, 0.15) is 35.1 Å². The number of halogens is 1. The number of rotatable bonds is 3. The number of aryl methyl sites for hydroxylation is 1. The average Bonchev–Trinajstić information content (AvgIpc) is 3.19. The van der Waals surface area contributed by atoms with Crippen molar-refractivity contribution < 1.29 is 9.18 Å². The molecule has 136 valence electrons. The maximum absolute atomic E-state index is 13.2. The number of thiophene rings is 1. The van der Waals surface area contributed by atoms with Crippen LogP contribution in [0.25, 0.3) is 15.9 Å². The van der Waals surface area contributed by atoms with Crippen LogP contribution < -0.4 is 10.6 Å². The summed E-state index contributed by atoms with van der Waals surface area (Å²) in [6.07, 6.45) is 2.06. The highest BCUT2D eigenvalue weighted by molar-refractivity contribution is 7.20. The Balaban J connectivity index is 1.64. The molecule has 5 nitrogen and oxygen atoms in total. The van der Waals surface area contributed by atoms with Crippen molar-refractivity contribution in [2.45, 2.75) is 38.8 Å². The molecule has 2 N–H and O–H groups in total. The number of aromatic nitrogens is 2. The third kappa shape index (κ3) is 3.12. The minimum Gasteiger partial charge on any atom is -0.347 e. The lowest BCUT2D eigenvalue weighted by Gasteiger charge is -2.30. The predicted molar refractivity (Wildman–Crippen MR) is 102 cm³/mol. The summed E-state index contributed by atoms with van der Waals surface area (Å²) in [5, 5.41) is 12.0. The maximum atomic E-state index is 13.2. The number of amides is 1. The van der Waals surface area contributed by atoms with Gasteiger partial charge in [-0.15, -0.1) is 11.3 Å². The van der Waals surface area contributed by atoms with E-state index in [1.165, 1.54) is 23.5 Å². The Hall–Kier alpha value is -2.25. The van der Waals surface area contributed by atoms with E-state index in [1.807, 2.05) is 13.0 Å². The van der Waals surface area contributed by atoms with Gasteiger partial charge in [-0.3, -0.25) is 4.79 Å². The van der Waals surface area contributed by atoms with E-state index in [1.54, 1.807) is 16.8 Å². The van der Waals surface area contributed by atoms with E-state index in [0.29, 0.717) is 4.88 Å². The Morgan fingerprint density at radius 2 is 2.15 bits per heavy atom. The smallest absolute Gasteiger partial charge is 0.261 e. The second-order valence-corrected chi connectivity index (χ2v) is 7.80. The first kappa shape index (κ1) is 17.2. The molecule has 1 amide bonds. The highest BCUT2D eigenvalue weighted by Crippen LogP contribution is 2.30. The number of nitrogens with zero attached hydrogens (tertiary/aromatic N) is 2. The molecule has 7 heteroatoms. The molecule has 3 aromatic rings. The molecule has 3 heterocycles. The Labute approximate surface area is 155 Å². The lowest BCUT2D eigenvalue weighted by molar-refractivity contribution is 0.0924. The standard InChI is InChI=1S/C19H21FN4OS/c1-11-15-10-17(18(25)22-16-4-3-9-21-12(16)2)26-19(15)24(23-11)14-7-5-13(20)6-8-14/h5-8,10,12,16,21H,3-4,9H2,1-2H3,(H,22,25). The summed E-state index contributed by atoms with van der Waals surface area (Å²) in [6.45, 7) is 5.03. The molecule has 0 spiro atoms. The Morgan fingerprint density at radius 1 is 1.38 bits per heavy atom. The van der Waals surface area contributed by atoms with Crippen molar-refractivity contribution in [1.29, 1.82) is 0 Å². The molecule has 1 fully saturated rings. The molecule has 1 aromatic carbocycles. The molecular weight excluding hydrogens is 351 g/mol. The van der Waals surface area contributed by atoms with Crippen LogP contribution >= 0.6 is 11.3 Å². The van der Waals surface area contributed by atoms with Gasteiger partial charge in [-0.2, -0.15) is 5.10 Å². The maximum Gasteiger partial charge on any atom is 0.261 e. The molecule has 0 saturated carbocycles. The van der Waals surface area contributed by atoms with Crippen LogP contribution in [0, 0.1) is 12.7 Å². The van der Waals surface area contributed by atoms with Crippen molar-refractivity contribution >= 4 is 27.5 Å². The second-order valence-electron chi connectivity index (χ2n) is 6.77. The largest absolute Gasteiger partial charge is 0.347 e. The quantitative estimate of drug-likeness (QED) is 0.741. The van der Waals surface area contributed by atoms with Crippen molar-refractivity contribution in [2.75, 3.05) is 6.54 Å². The Bertz CT molecular complexity index is 947. The SMILES string of the molecule is Cc1nn(-c2ccc(F)cc2)c2sc(C(=O)NC3CCCNC3C)cc12. The van der Waals surface area contributed by atoms with Gasteiger partial charge in [-0.05, 0) is 63.6 Å². The van der Waals surface area contributed by atoms with Gasteiger partial charge in [0.1, 0.15) is 10.6 Å². The molecular formula is C19H21FN4OS. The number of carbonyl (C=O) groups excluding carboxylic acids is 1. The Morgan fingerprint density at radius 3 is 2.88 bits per heavy atom. The fourth-order valence-corrected chi connectivity index (χ4v) is 4.48. The lowest BCUT2D eigenvalue weighted by Crippen LogP contribution is -2.51. The topological polar surface area (TPSA) is 59.0 Å². The first-order valence-corrected chi connectivity index (χ1v) is 9.64. The summed E-state index contributed by atoms with van der Waals surface area (Å²) < 4.78 is 15.0.